The zero-order valence-corrected chi connectivity index (χ0v) is 10.4. The highest BCUT2D eigenvalue weighted by molar-refractivity contribution is 9.10. The number of rotatable bonds is 3. The number of carbonyl (C=O) groups is 1. The molecule has 1 aromatic rings. The summed E-state index contributed by atoms with van der Waals surface area (Å²) in [6.45, 7) is 3.65. The Bertz CT molecular complexity index is 432. The third-order valence-corrected chi connectivity index (χ3v) is 2.67. The van der Waals surface area contributed by atoms with Crippen LogP contribution in [0.25, 0.3) is 0 Å². The van der Waals surface area contributed by atoms with E-state index in [9.17, 15) is 14.9 Å². The third kappa shape index (κ3) is 2.79. The van der Waals surface area contributed by atoms with Crippen LogP contribution < -0.4 is 5.32 Å². The molecule has 6 heteroatoms. The van der Waals surface area contributed by atoms with Crippen LogP contribution in [0.5, 0.6) is 0 Å². The molecule has 16 heavy (non-hydrogen) atoms. The first-order valence-electron chi connectivity index (χ1n) is 4.67. The number of carbonyl (C=O) groups excluding carboxylic acids is 1. The highest BCUT2D eigenvalue weighted by Gasteiger charge is 2.19. The van der Waals surface area contributed by atoms with E-state index < -0.39 is 4.92 Å². The molecular formula is C10H11BrN2O3. The summed E-state index contributed by atoms with van der Waals surface area (Å²) in [5.41, 5.74) is 0.152. The number of benzene rings is 1. The normalized spacial score (nSPS) is 10.2. The van der Waals surface area contributed by atoms with Crippen molar-refractivity contribution in [2.24, 2.45) is 0 Å². The minimum absolute atomic E-state index is 0.0151. The van der Waals surface area contributed by atoms with Gasteiger partial charge in [-0.2, -0.15) is 0 Å². The molecule has 0 spiro atoms. The van der Waals surface area contributed by atoms with E-state index in [0.29, 0.717) is 0 Å². The van der Waals surface area contributed by atoms with Gasteiger partial charge in [-0.25, -0.2) is 0 Å². The van der Waals surface area contributed by atoms with Gasteiger partial charge in [0.25, 0.3) is 11.6 Å². The lowest BCUT2D eigenvalue weighted by Gasteiger charge is -2.09. The molecule has 0 bridgehead atoms. The van der Waals surface area contributed by atoms with Crippen molar-refractivity contribution in [3.05, 3.63) is 38.3 Å². The molecule has 5 nitrogen and oxygen atoms in total. The zero-order valence-electron chi connectivity index (χ0n) is 8.86. The molecule has 0 saturated carbocycles. The lowest BCUT2D eigenvalue weighted by atomic mass is 10.2. The Morgan fingerprint density at radius 1 is 1.50 bits per heavy atom. The van der Waals surface area contributed by atoms with Gasteiger partial charge in [0, 0.05) is 12.1 Å². The zero-order chi connectivity index (χ0) is 12.3. The number of nitro benzene ring substituents is 1. The maximum atomic E-state index is 11.7. The van der Waals surface area contributed by atoms with Crippen LogP contribution in [-0.4, -0.2) is 16.9 Å². The van der Waals surface area contributed by atoms with E-state index in [0.717, 1.165) is 0 Å². The molecule has 1 N–H and O–H groups in total. The molecule has 0 atom stereocenters. The average molecular weight is 287 g/mol. The second-order valence-corrected chi connectivity index (χ2v) is 4.32. The number of hydrogen-bond acceptors (Lipinski definition) is 3. The van der Waals surface area contributed by atoms with Gasteiger partial charge >= 0.3 is 0 Å². The first kappa shape index (κ1) is 12.6. The predicted molar refractivity (Wildman–Crippen MR) is 63.4 cm³/mol. The maximum Gasteiger partial charge on any atom is 0.284 e. The molecule has 1 aromatic carbocycles. The molecule has 1 rings (SSSR count). The summed E-state index contributed by atoms with van der Waals surface area (Å²) in [5.74, 6) is -0.328. The molecule has 1 amide bonds. The Balaban J connectivity index is 3.10. The van der Waals surface area contributed by atoms with Crippen LogP contribution in [0.3, 0.4) is 0 Å². The first-order chi connectivity index (χ1) is 7.43. The van der Waals surface area contributed by atoms with Gasteiger partial charge in [0.05, 0.1) is 10.5 Å². The molecule has 0 heterocycles. The number of nitro groups is 1. The van der Waals surface area contributed by atoms with E-state index in [1.54, 1.807) is 0 Å². The number of amides is 1. The lowest BCUT2D eigenvalue weighted by molar-refractivity contribution is -0.385. The van der Waals surface area contributed by atoms with Crippen molar-refractivity contribution in [1.82, 2.24) is 5.32 Å². The molecule has 0 radical (unpaired) electrons. The molecule has 0 aromatic heterocycles. The van der Waals surface area contributed by atoms with Gasteiger partial charge in [-0.05, 0) is 35.8 Å². The van der Waals surface area contributed by atoms with Crippen molar-refractivity contribution < 1.29 is 9.72 Å². The van der Waals surface area contributed by atoms with Gasteiger partial charge in [0.2, 0.25) is 0 Å². The van der Waals surface area contributed by atoms with Crippen LogP contribution in [-0.2, 0) is 0 Å². The van der Waals surface area contributed by atoms with Crippen LogP contribution >= 0.6 is 15.9 Å². The van der Waals surface area contributed by atoms with Crippen LogP contribution in [0.1, 0.15) is 24.2 Å². The van der Waals surface area contributed by atoms with E-state index in [2.05, 4.69) is 21.2 Å². The van der Waals surface area contributed by atoms with Crippen LogP contribution in [0.2, 0.25) is 0 Å². The van der Waals surface area contributed by atoms with Crippen molar-refractivity contribution in [3.63, 3.8) is 0 Å². The van der Waals surface area contributed by atoms with E-state index in [1.807, 2.05) is 13.8 Å². The second-order valence-electron chi connectivity index (χ2n) is 3.52. The fourth-order valence-electron chi connectivity index (χ4n) is 1.18. The number of halogens is 1. The molecular weight excluding hydrogens is 276 g/mol. The fourth-order valence-corrected chi connectivity index (χ4v) is 1.77. The van der Waals surface area contributed by atoms with E-state index in [4.69, 9.17) is 0 Å². The van der Waals surface area contributed by atoms with Gasteiger partial charge in [-0.15, -0.1) is 0 Å². The Morgan fingerprint density at radius 2 is 2.12 bits per heavy atom. The fraction of sp³-hybridized carbons (Fsp3) is 0.300. The SMILES string of the molecule is CC(C)NC(=O)c1cccc([N+](=O)[O-])c1Br. The highest BCUT2D eigenvalue weighted by atomic mass is 79.9. The summed E-state index contributed by atoms with van der Waals surface area (Å²) in [6.07, 6.45) is 0. The Morgan fingerprint density at radius 3 is 2.62 bits per heavy atom. The minimum Gasteiger partial charge on any atom is -0.350 e. The van der Waals surface area contributed by atoms with E-state index in [1.165, 1.54) is 18.2 Å². The van der Waals surface area contributed by atoms with Crippen molar-refractivity contribution in [2.75, 3.05) is 0 Å². The lowest BCUT2D eigenvalue weighted by Crippen LogP contribution is -2.30. The molecule has 0 aliphatic carbocycles. The monoisotopic (exact) mass is 286 g/mol. The smallest absolute Gasteiger partial charge is 0.284 e. The number of hydrogen-bond donors (Lipinski definition) is 1. The largest absolute Gasteiger partial charge is 0.350 e. The van der Waals surface area contributed by atoms with Crippen LogP contribution in [0, 0.1) is 10.1 Å². The van der Waals surface area contributed by atoms with Crippen molar-refractivity contribution in [1.29, 1.82) is 0 Å². The Labute approximate surface area is 101 Å². The summed E-state index contributed by atoms with van der Waals surface area (Å²) >= 11 is 3.07. The predicted octanol–water partition coefficient (Wildman–Crippen LogP) is 2.50. The summed E-state index contributed by atoms with van der Waals surface area (Å²) < 4.78 is 0.207. The summed E-state index contributed by atoms with van der Waals surface area (Å²) in [4.78, 5) is 21.8. The molecule has 0 aliphatic rings. The second kappa shape index (κ2) is 5.07. The Hall–Kier alpha value is -1.43. The summed E-state index contributed by atoms with van der Waals surface area (Å²) in [6, 6.07) is 4.35. The van der Waals surface area contributed by atoms with Gasteiger partial charge in [-0.3, -0.25) is 14.9 Å². The van der Waals surface area contributed by atoms with Crippen molar-refractivity contribution in [2.45, 2.75) is 19.9 Å². The Kier molecular flexibility index (Phi) is 4.00. The first-order valence-corrected chi connectivity index (χ1v) is 5.46. The van der Waals surface area contributed by atoms with E-state index >= 15 is 0 Å². The van der Waals surface area contributed by atoms with Gasteiger partial charge < -0.3 is 5.32 Å². The summed E-state index contributed by atoms with van der Waals surface area (Å²) in [7, 11) is 0. The van der Waals surface area contributed by atoms with Crippen LogP contribution in [0.4, 0.5) is 5.69 Å². The molecule has 0 aliphatic heterocycles. The number of nitrogens with one attached hydrogen (secondary N) is 1. The molecule has 86 valence electrons. The van der Waals surface area contributed by atoms with Gasteiger partial charge in [-0.1, -0.05) is 6.07 Å². The van der Waals surface area contributed by atoms with Crippen molar-refractivity contribution in [3.8, 4) is 0 Å². The molecule has 0 saturated heterocycles. The standard InChI is InChI=1S/C10H11BrN2O3/c1-6(2)12-10(14)7-4-3-5-8(9(7)11)13(15)16/h3-6H,1-2H3,(H,12,14). The van der Waals surface area contributed by atoms with Crippen LogP contribution in [0.15, 0.2) is 22.7 Å². The average Bonchev–Trinajstić information content (AvgIpc) is 2.16. The van der Waals surface area contributed by atoms with Gasteiger partial charge in [0.15, 0.2) is 0 Å². The summed E-state index contributed by atoms with van der Waals surface area (Å²) in [5, 5.41) is 13.3. The topological polar surface area (TPSA) is 72.2 Å². The highest BCUT2D eigenvalue weighted by Crippen LogP contribution is 2.28. The number of nitrogens with zero attached hydrogens (tertiary/aromatic N) is 1. The molecule has 0 unspecified atom stereocenters. The van der Waals surface area contributed by atoms with Crippen molar-refractivity contribution >= 4 is 27.5 Å². The van der Waals surface area contributed by atoms with E-state index in [-0.39, 0.29) is 27.7 Å². The molecule has 0 fully saturated rings. The maximum absolute atomic E-state index is 11.7. The minimum atomic E-state index is -0.532. The van der Waals surface area contributed by atoms with Gasteiger partial charge in [0.1, 0.15) is 4.47 Å². The quantitative estimate of drug-likeness (QED) is 0.685. The third-order valence-electron chi connectivity index (χ3n) is 1.84.